The van der Waals surface area contributed by atoms with Gasteiger partial charge in [0.15, 0.2) is 0 Å². The fourth-order valence-electron chi connectivity index (χ4n) is 1.60. The van der Waals surface area contributed by atoms with Crippen LogP contribution in [0, 0.1) is 5.92 Å². The Labute approximate surface area is 92.6 Å². The molecule has 0 unspecified atom stereocenters. The van der Waals surface area contributed by atoms with Crippen molar-refractivity contribution in [2.24, 2.45) is 10.9 Å². The van der Waals surface area contributed by atoms with Gasteiger partial charge in [-0.1, -0.05) is 44.2 Å². The minimum atomic E-state index is 0.476. The highest BCUT2D eigenvalue weighted by molar-refractivity contribution is 5.83. The second kappa shape index (κ2) is 5.54. The van der Waals surface area contributed by atoms with E-state index < -0.39 is 0 Å². The molecular weight excluding hydrogens is 184 g/mol. The van der Waals surface area contributed by atoms with Gasteiger partial charge in [-0.2, -0.15) is 0 Å². The summed E-state index contributed by atoms with van der Waals surface area (Å²) in [5, 5.41) is 0. The van der Waals surface area contributed by atoms with Gasteiger partial charge in [-0.05, 0) is 5.56 Å². The number of amidine groups is 1. The topological polar surface area (TPSA) is 15.6 Å². The van der Waals surface area contributed by atoms with E-state index in [1.54, 1.807) is 0 Å². The molecule has 0 bridgehead atoms. The molecule has 0 radical (unpaired) electrons. The predicted molar refractivity (Wildman–Crippen MR) is 66.1 cm³/mol. The summed E-state index contributed by atoms with van der Waals surface area (Å²) in [6.07, 6.45) is 0. The first-order valence-electron chi connectivity index (χ1n) is 5.37. The van der Waals surface area contributed by atoms with Gasteiger partial charge in [-0.25, -0.2) is 0 Å². The van der Waals surface area contributed by atoms with Crippen molar-refractivity contribution in [1.29, 1.82) is 0 Å². The van der Waals surface area contributed by atoms with Crippen molar-refractivity contribution in [2.75, 3.05) is 14.1 Å². The summed E-state index contributed by atoms with van der Waals surface area (Å²) in [7, 11) is 4.09. The van der Waals surface area contributed by atoms with E-state index in [0.717, 1.165) is 12.4 Å². The molecule has 0 fully saturated rings. The molecule has 1 aromatic rings. The molecule has 0 saturated heterocycles. The van der Waals surface area contributed by atoms with Crippen LogP contribution in [0.15, 0.2) is 35.3 Å². The summed E-state index contributed by atoms with van der Waals surface area (Å²) in [5.74, 6) is 1.63. The van der Waals surface area contributed by atoms with Gasteiger partial charge in [0, 0.05) is 20.0 Å². The third-order valence-electron chi connectivity index (χ3n) is 2.24. The van der Waals surface area contributed by atoms with Gasteiger partial charge in [0.1, 0.15) is 5.84 Å². The Hall–Kier alpha value is -1.31. The van der Waals surface area contributed by atoms with E-state index in [9.17, 15) is 0 Å². The average Bonchev–Trinajstić information content (AvgIpc) is 2.18. The highest BCUT2D eigenvalue weighted by Crippen LogP contribution is 2.05. The molecule has 0 aliphatic rings. The van der Waals surface area contributed by atoms with Crippen LogP contribution in [0.4, 0.5) is 0 Å². The highest BCUT2D eigenvalue weighted by Gasteiger charge is 2.06. The minimum Gasteiger partial charge on any atom is -0.366 e. The van der Waals surface area contributed by atoms with E-state index in [0.29, 0.717) is 5.92 Å². The molecule has 0 aromatic heterocycles. The van der Waals surface area contributed by atoms with Crippen LogP contribution in [0.2, 0.25) is 0 Å². The number of benzene rings is 1. The van der Waals surface area contributed by atoms with Crippen molar-refractivity contribution < 1.29 is 0 Å². The van der Waals surface area contributed by atoms with Gasteiger partial charge in [0.2, 0.25) is 0 Å². The van der Waals surface area contributed by atoms with Gasteiger partial charge in [0.05, 0.1) is 6.54 Å². The van der Waals surface area contributed by atoms with E-state index in [2.05, 4.69) is 48.0 Å². The van der Waals surface area contributed by atoms with Crippen molar-refractivity contribution in [1.82, 2.24) is 4.90 Å². The Morgan fingerprint density at radius 2 is 1.80 bits per heavy atom. The Morgan fingerprint density at radius 3 is 2.27 bits per heavy atom. The number of nitrogens with zero attached hydrogens (tertiary/aromatic N) is 2. The largest absolute Gasteiger partial charge is 0.366 e. The summed E-state index contributed by atoms with van der Waals surface area (Å²) in [4.78, 5) is 6.73. The first-order chi connectivity index (χ1) is 7.11. The standard InChI is InChI=1S/C13H20N2/c1-11(2)13(15(3)4)14-10-12-8-6-5-7-9-12/h5-9,11H,10H2,1-4H3. The molecule has 0 amide bonds. The number of aliphatic imine (C=N–C) groups is 1. The van der Waals surface area contributed by atoms with E-state index in [1.807, 2.05) is 20.2 Å². The molecule has 0 heterocycles. The van der Waals surface area contributed by atoms with Gasteiger partial charge >= 0.3 is 0 Å². The van der Waals surface area contributed by atoms with Crippen LogP contribution in [0.5, 0.6) is 0 Å². The Morgan fingerprint density at radius 1 is 1.20 bits per heavy atom. The summed E-state index contributed by atoms with van der Waals surface area (Å²) in [6.45, 7) is 5.11. The molecular formula is C13H20N2. The number of hydrogen-bond donors (Lipinski definition) is 0. The first-order valence-corrected chi connectivity index (χ1v) is 5.37. The van der Waals surface area contributed by atoms with Crippen molar-refractivity contribution in [3.8, 4) is 0 Å². The van der Waals surface area contributed by atoms with Gasteiger partial charge in [-0.15, -0.1) is 0 Å². The maximum atomic E-state index is 4.64. The van der Waals surface area contributed by atoms with Crippen LogP contribution < -0.4 is 0 Å². The number of hydrogen-bond acceptors (Lipinski definition) is 1. The van der Waals surface area contributed by atoms with Crippen LogP contribution in [-0.2, 0) is 6.54 Å². The molecule has 0 saturated carbocycles. The third kappa shape index (κ3) is 3.74. The van der Waals surface area contributed by atoms with Crippen molar-refractivity contribution in [3.05, 3.63) is 35.9 Å². The lowest BCUT2D eigenvalue weighted by Crippen LogP contribution is -2.27. The smallest absolute Gasteiger partial charge is 0.101 e. The SMILES string of the molecule is CC(C)C(=NCc1ccccc1)N(C)C. The maximum absolute atomic E-state index is 4.64. The second-order valence-electron chi connectivity index (χ2n) is 4.21. The van der Waals surface area contributed by atoms with Crippen molar-refractivity contribution in [2.45, 2.75) is 20.4 Å². The van der Waals surface area contributed by atoms with Crippen LogP contribution in [0.1, 0.15) is 19.4 Å². The zero-order chi connectivity index (χ0) is 11.3. The predicted octanol–water partition coefficient (Wildman–Crippen LogP) is 2.80. The Balaban J connectivity index is 2.70. The number of rotatable bonds is 3. The fourth-order valence-corrected chi connectivity index (χ4v) is 1.60. The minimum absolute atomic E-state index is 0.476. The van der Waals surface area contributed by atoms with Crippen LogP contribution in [-0.4, -0.2) is 24.8 Å². The normalized spacial score (nSPS) is 11.9. The molecule has 1 rings (SSSR count). The molecule has 0 N–H and O–H groups in total. The third-order valence-corrected chi connectivity index (χ3v) is 2.24. The zero-order valence-electron chi connectivity index (χ0n) is 10.1. The van der Waals surface area contributed by atoms with Gasteiger partial charge in [0.25, 0.3) is 0 Å². The summed E-state index contributed by atoms with van der Waals surface area (Å²) in [5.41, 5.74) is 1.26. The van der Waals surface area contributed by atoms with Gasteiger partial charge in [-0.3, -0.25) is 4.99 Å². The molecule has 2 nitrogen and oxygen atoms in total. The summed E-state index contributed by atoms with van der Waals surface area (Å²) in [6, 6.07) is 10.3. The van der Waals surface area contributed by atoms with Gasteiger partial charge < -0.3 is 4.90 Å². The molecule has 15 heavy (non-hydrogen) atoms. The average molecular weight is 204 g/mol. The molecule has 2 heteroatoms. The quantitative estimate of drug-likeness (QED) is 0.546. The Kier molecular flexibility index (Phi) is 4.35. The second-order valence-corrected chi connectivity index (χ2v) is 4.21. The molecule has 0 spiro atoms. The highest BCUT2D eigenvalue weighted by atomic mass is 15.1. The first kappa shape index (κ1) is 11.8. The van der Waals surface area contributed by atoms with E-state index in [1.165, 1.54) is 5.56 Å². The monoisotopic (exact) mass is 204 g/mol. The molecule has 82 valence electrons. The summed E-state index contributed by atoms with van der Waals surface area (Å²) < 4.78 is 0. The van der Waals surface area contributed by atoms with E-state index in [-0.39, 0.29) is 0 Å². The maximum Gasteiger partial charge on any atom is 0.101 e. The fraction of sp³-hybridized carbons (Fsp3) is 0.462. The van der Waals surface area contributed by atoms with Crippen molar-refractivity contribution >= 4 is 5.84 Å². The molecule has 0 atom stereocenters. The van der Waals surface area contributed by atoms with Crippen LogP contribution in [0.25, 0.3) is 0 Å². The van der Waals surface area contributed by atoms with Crippen LogP contribution in [0.3, 0.4) is 0 Å². The van der Waals surface area contributed by atoms with E-state index >= 15 is 0 Å². The molecule has 0 aliphatic carbocycles. The van der Waals surface area contributed by atoms with Crippen molar-refractivity contribution in [3.63, 3.8) is 0 Å². The lowest BCUT2D eigenvalue weighted by atomic mass is 10.2. The van der Waals surface area contributed by atoms with Crippen LogP contribution >= 0.6 is 0 Å². The summed E-state index contributed by atoms with van der Waals surface area (Å²) >= 11 is 0. The lowest BCUT2D eigenvalue weighted by molar-refractivity contribution is 0.569. The Bertz CT molecular complexity index is 303. The lowest BCUT2D eigenvalue weighted by Gasteiger charge is -2.19. The molecule has 0 aliphatic heterocycles. The zero-order valence-corrected chi connectivity index (χ0v) is 10.1. The van der Waals surface area contributed by atoms with E-state index in [4.69, 9.17) is 0 Å². The molecule has 1 aromatic carbocycles.